The van der Waals surface area contributed by atoms with Crippen LogP contribution in [-0.2, 0) is 6.54 Å². The first-order valence-electron chi connectivity index (χ1n) is 4.34. The summed E-state index contributed by atoms with van der Waals surface area (Å²) in [5.74, 6) is 0.146. The Balaban J connectivity index is 2.43. The standard InChI is InChI=1S/C9H10N4O/c1-2-13-9(14)5-7(12-13)8-6-10-3-4-11-8/h3-6,14H,2H2,1H3. The maximum atomic E-state index is 9.44. The van der Waals surface area contributed by atoms with E-state index >= 15 is 0 Å². The number of rotatable bonds is 2. The summed E-state index contributed by atoms with van der Waals surface area (Å²) in [6.45, 7) is 2.54. The van der Waals surface area contributed by atoms with Crippen molar-refractivity contribution >= 4 is 0 Å². The Labute approximate surface area is 81.1 Å². The molecule has 0 fully saturated rings. The van der Waals surface area contributed by atoms with Crippen LogP contribution in [0.2, 0.25) is 0 Å². The predicted octanol–water partition coefficient (Wildman–Crippen LogP) is 1.07. The van der Waals surface area contributed by atoms with Gasteiger partial charge in [-0.1, -0.05) is 0 Å². The third kappa shape index (κ3) is 1.44. The molecule has 72 valence electrons. The van der Waals surface area contributed by atoms with Crippen LogP contribution in [0.4, 0.5) is 0 Å². The van der Waals surface area contributed by atoms with E-state index in [1.165, 1.54) is 4.68 Å². The number of nitrogens with zero attached hydrogens (tertiary/aromatic N) is 4. The van der Waals surface area contributed by atoms with Gasteiger partial charge >= 0.3 is 0 Å². The van der Waals surface area contributed by atoms with Crippen molar-refractivity contribution < 1.29 is 5.11 Å². The molecule has 0 aliphatic heterocycles. The quantitative estimate of drug-likeness (QED) is 0.769. The molecule has 0 spiro atoms. The third-order valence-electron chi connectivity index (χ3n) is 1.88. The van der Waals surface area contributed by atoms with Gasteiger partial charge in [0.05, 0.1) is 6.20 Å². The molecule has 5 heteroatoms. The van der Waals surface area contributed by atoms with Crippen LogP contribution in [0.25, 0.3) is 11.4 Å². The van der Waals surface area contributed by atoms with Gasteiger partial charge in [-0.15, -0.1) is 0 Å². The van der Waals surface area contributed by atoms with Gasteiger partial charge in [-0.3, -0.25) is 9.97 Å². The van der Waals surface area contributed by atoms with Crippen LogP contribution in [0.3, 0.4) is 0 Å². The summed E-state index contributed by atoms with van der Waals surface area (Å²) >= 11 is 0. The third-order valence-corrected chi connectivity index (χ3v) is 1.88. The van der Waals surface area contributed by atoms with E-state index in [0.29, 0.717) is 17.9 Å². The molecule has 0 amide bonds. The van der Waals surface area contributed by atoms with Gasteiger partial charge in [-0.25, -0.2) is 4.68 Å². The highest BCUT2D eigenvalue weighted by molar-refractivity contribution is 5.53. The van der Waals surface area contributed by atoms with Crippen molar-refractivity contribution in [2.24, 2.45) is 0 Å². The lowest BCUT2D eigenvalue weighted by atomic mass is 10.3. The maximum absolute atomic E-state index is 9.44. The largest absolute Gasteiger partial charge is 0.493 e. The Hall–Kier alpha value is -1.91. The van der Waals surface area contributed by atoms with Crippen molar-refractivity contribution in [3.05, 3.63) is 24.7 Å². The highest BCUT2D eigenvalue weighted by atomic mass is 16.3. The molecule has 0 atom stereocenters. The average Bonchev–Trinajstić information content (AvgIpc) is 2.61. The Morgan fingerprint density at radius 3 is 2.79 bits per heavy atom. The highest BCUT2D eigenvalue weighted by Crippen LogP contribution is 2.19. The van der Waals surface area contributed by atoms with Gasteiger partial charge in [0.25, 0.3) is 0 Å². The van der Waals surface area contributed by atoms with E-state index in [-0.39, 0.29) is 5.88 Å². The van der Waals surface area contributed by atoms with E-state index in [9.17, 15) is 5.11 Å². The molecule has 2 aromatic heterocycles. The lowest BCUT2D eigenvalue weighted by molar-refractivity contribution is 0.405. The van der Waals surface area contributed by atoms with Crippen LogP contribution in [-0.4, -0.2) is 24.9 Å². The van der Waals surface area contributed by atoms with Crippen molar-refractivity contribution in [3.63, 3.8) is 0 Å². The normalized spacial score (nSPS) is 10.4. The summed E-state index contributed by atoms with van der Waals surface area (Å²) < 4.78 is 1.50. The van der Waals surface area contributed by atoms with Gasteiger partial charge in [-0.05, 0) is 6.92 Å². The van der Waals surface area contributed by atoms with Gasteiger partial charge in [0.1, 0.15) is 11.4 Å². The number of hydrogen-bond donors (Lipinski definition) is 1. The summed E-state index contributed by atoms with van der Waals surface area (Å²) in [6.07, 6.45) is 4.80. The molecule has 2 rings (SSSR count). The zero-order valence-electron chi connectivity index (χ0n) is 7.75. The maximum Gasteiger partial charge on any atom is 0.209 e. The molecule has 0 saturated heterocycles. The summed E-state index contributed by atoms with van der Waals surface area (Å²) in [5.41, 5.74) is 1.30. The molecule has 0 aliphatic carbocycles. The van der Waals surface area contributed by atoms with Gasteiger partial charge in [0, 0.05) is 25.0 Å². The lowest BCUT2D eigenvalue weighted by Gasteiger charge is -1.95. The number of aromatic hydroxyl groups is 1. The minimum Gasteiger partial charge on any atom is -0.493 e. The topological polar surface area (TPSA) is 63.8 Å². The van der Waals surface area contributed by atoms with Crippen LogP contribution in [0.1, 0.15) is 6.92 Å². The van der Waals surface area contributed by atoms with Crippen LogP contribution < -0.4 is 0 Å². The van der Waals surface area contributed by atoms with Crippen LogP contribution in [0.15, 0.2) is 24.7 Å². The van der Waals surface area contributed by atoms with Crippen molar-refractivity contribution in [2.75, 3.05) is 0 Å². The number of aryl methyl sites for hydroxylation is 1. The zero-order chi connectivity index (χ0) is 9.97. The number of hydrogen-bond acceptors (Lipinski definition) is 4. The molecule has 0 radical (unpaired) electrons. The fourth-order valence-electron chi connectivity index (χ4n) is 1.20. The molecule has 2 aromatic rings. The molecule has 2 heterocycles. The lowest BCUT2D eigenvalue weighted by Crippen LogP contribution is -1.95. The van der Waals surface area contributed by atoms with E-state index < -0.39 is 0 Å². The molecule has 0 bridgehead atoms. The fraction of sp³-hybridized carbons (Fsp3) is 0.222. The molecule has 1 N–H and O–H groups in total. The van der Waals surface area contributed by atoms with Crippen LogP contribution in [0, 0.1) is 0 Å². The second-order valence-corrected chi connectivity index (χ2v) is 2.79. The Bertz CT molecular complexity index is 424. The Kier molecular flexibility index (Phi) is 2.14. The first-order chi connectivity index (χ1) is 6.81. The second kappa shape index (κ2) is 3.45. The molecular weight excluding hydrogens is 180 g/mol. The van der Waals surface area contributed by atoms with E-state index in [1.807, 2.05) is 6.92 Å². The Morgan fingerprint density at radius 2 is 2.21 bits per heavy atom. The first-order valence-corrected chi connectivity index (χ1v) is 4.34. The second-order valence-electron chi connectivity index (χ2n) is 2.79. The predicted molar refractivity (Wildman–Crippen MR) is 50.6 cm³/mol. The summed E-state index contributed by atoms with van der Waals surface area (Å²) in [5, 5.41) is 13.6. The number of aromatic nitrogens is 4. The molecule has 0 saturated carbocycles. The summed E-state index contributed by atoms with van der Waals surface area (Å²) in [7, 11) is 0. The summed E-state index contributed by atoms with van der Waals surface area (Å²) in [6, 6.07) is 1.58. The van der Waals surface area contributed by atoms with Crippen molar-refractivity contribution in [1.29, 1.82) is 0 Å². The monoisotopic (exact) mass is 190 g/mol. The smallest absolute Gasteiger partial charge is 0.209 e. The zero-order valence-corrected chi connectivity index (χ0v) is 7.75. The minimum atomic E-state index is 0.146. The van der Waals surface area contributed by atoms with Crippen molar-refractivity contribution in [2.45, 2.75) is 13.5 Å². The van der Waals surface area contributed by atoms with Gasteiger partial charge in [0.2, 0.25) is 5.88 Å². The molecule has 0 unspecified atom stereocenters. The van der Waals surface area contributed by atoms with Crippen molar-refractivity contribution in [1.82, 2.24) is 19.7 Å². The van der Waals surface area contributed by atoms with E-state index in [2.05, 4.69) is 15.1 Å². The molecular formula is C9H10N4O. The van der Waals surface area contributed by atoms with Crippen LogP contribution >= 0.6 is 0 Å². The first kappa shape index (κ1) is 8.68. The molecule has 14 heavy (non-hydrogen) atoms. The van der Waals surface area contributed by atoms with Gasteiger partial charge in [0.15, 0.2) is 0 Å². The highest BCUT2D eigenvalue weighted by Gasteiger charge is 2.07. The SMILES string of the molecule is CCn1nc(-c2cnccn2)cc1O. The van der Waals surface area contributed by atoms with Gasteiger partial charge < -0.3 is 5.11 Å². The van der Waals surface area contributed by atoms with E-state index in [1.54, 1.807) is 24.7 Å². The fourth-order valence-corrected chi connectivity index (χ4v) is 1.20. The Morgan fingerprint density at radius 1 is 1.36 bits per heavy atom. The van der Waals surface area contributed by atoms with E-state index in [4.69, 9.17) is 0 Å². The molecule has 0 aromatic carbocycles. The molecule has 0 aliphatic rings. The average molecular weight is 190 g/mol. The van der Waals surface area contributed by atoms with Gasteiger partial charge in [-0.2, -0.15) is 5.10 Å². The van der Waals surface area contributed by atoms with Crippen molar-refractivity contribution in [3.8, 4) is 17.3 Å². The van der Waals surface area contributed by atoms with E-state index in [0.717, 1.165) is 0 Å². The minimum absolute atomic E-state index is 0.146. The van der Waals surface area contributed by atoms with Crippen LogP contribution in [0.5, 0.6) is 5.88 Å². The molecule has 5 nitrogen and oxygen atoms in total. The summed E-state index contributed by atoms with van der Waals surface area (Å²) in [4.78, 5) is 8.02.